The molecule has 1 unspecified atom stereocenters. The Labute approximate surface area is 189 Å². The number of hydrogen-bond acceptors (Lipinski definition) is 6. The minimum absolute atomic E-state index is 0.0228. The molecule has 0 bridgehead atoms. The smallest absolute Gasteiger partial charge is 0.408 e. The summed E-state index contributed by atoms with van der Waals surface area (Å²) in [6.07, 6.45) is 2.71. The Kier molecular flexibility index (Phi) is 7.12. The fourth-order valence-corrected chi connectivity index (χ4v) is 4.35. The first-order chi connectivity index (χ1) is 15.1. The molecule has 0 aromatic carbocycles. The molecule has 10 nitrogen and oxygen atoms in total. The molecule has 3 amide bonds. The van der Waals surface area contributed by atoms with Crippen molar-refractivity contribution in [3.63, 3.8) is 0 Å². The van der Waals surface area contributed by atoms with Gasteiger partial charge in [0.2, 0.25) is 5.91 Å². The molecule has 3 rings (SSSR count). The molecular weight excluding hydrogens is 412 g/mol. The van der Waals surface area contributed by atoms with Crippen LogP contribution in [0.5, 0.6) is 0 Å². The predicted octanol–water partition coefficient (Wildman–Crippen LogP) is 2.36. The zero-order valence-corrected chi connectivity index (χ0v) is 20.1. The molecule has 0 aliphatic carbocycles. The third kappa shape index (κ3) is 5.06. The maximum atomic E-state index is 13.4. The van der Waals surface area contributed by atoms with E-state index in [9.17, 15) is 14.4 Å². The Balaban J connectivity index is 1.62. The highest BCUT2D eigenvalue weighted by atomic mass is 16.6. The van der Waals surface area contributed by atoms with E-state index in [1.54, 1.807) is 41.4 Å². The third-order valence-electron chi connectivity index (χ3n) is 6.10. The van der Waals surface area contributed by atoms with Gasteiger partial charge in [-0.25, -0.2) is 24.1 Å². The lowest BCUT2D eigenvalue weighted by Gasteiger charge is -2.40. The Bertz CT molecular complexity index is 849. The van der Waals surface area contributed by atoms with Crippen molar-refractivity contribution in [3.8, 4) is 0 Å². The molecule has 1 aromatic heterocycles. The van der Waals surface area contributed by atoms with Crippen LogP contribution in [0.15, 0.2) is 6.20 Å². The first-order valence-electron chi connectivity index (χ1n) is 11.4. The Morgan fingerprint density at radius 3 is 2.31 bits per heavy atom. The average Bonchev–Trinajstić information content (AvgIpc) is 3.26. The van der Waals surface area contributed by atoms with Gasteiger partial charge in [-0.05, 0) is 33.6 Å². The van der Waals surface area contributed by atoms with Gasteiger partial charge in [0.1, 0.15) is 17.5 Å². The molecular formula is C22H36N6O4. The van der Waals surface area contributed by atoms with Gasteiger partial charge >= 0.3 is 12.1 Å². The summed E-state index contributed by atoms with van der Waals surface area (Å²) in [7, 11) is 0. The molecule has 3 heterocycles. The van der Waals surface area contributed by atoms with E-state index >= 15 is 0 Å². The van der Waals surface area contributed by atoms with E-state index in [0.717, 1.165) is 18.5 Å². The number of rotatable bonds is 6. The lowest BCUT2D eigenvalue weighted by Crippen LogP contribution is -2.59. The number of hydrogen-bond donors (Lipinski definition) is 1. The number of carbonyl (C=O) groups is 3. The van der Waals surface area contributed by atoms with Crippen LogP contribution in [0.3, 0.4) is 0 Å². The number of fused-ring (bicyclic) bond motifs is 1. The summed E-state index contributed by atoms with van der Waals surface area (Å²) in [5.74, 6) is 0.611. The largest absolute Gasteiger partial charge is 0.444 e. The van der Waals surface area contributed by atoms with E-state index in [0.29, 0.717) is 38.5 Å². The van der Waals surface area contributed by atoms with E-state index < -0.39 is 17.7 Å². The van der Waals surface area contributed by atoms with E-state index in [1.165, 1.54) is 0 Å². The summed E-state index contributed by atoms with van der Waals surface area (Å²) in [6, 6.07) is -0.731. The third-order valence-corrected chi connectivity index (χ3v) is 6.10. The molecule has 1 fully saturated rings. The van der Waals surface area contributed by atoms with Gasteiger partial charge in [-0.15, -0.1) is 0 Å². The zero-order valence-electron chi connectivity index (χ0n) is 20.1. The SMILES string of the molecule is CCC(CC)C(NC(=O)OC(C)(C)C)C(=O)N1CCN(N2Cc3cnc(C)n3C2=O)CC1. The molecule has 10 heteroatoms. The molecule has 1 saturated heterocycles. The lowest BCUT2D eigenvalue weighted by atomic mass is 9.93. The van der Waals surface area contributed by atoms with E-state index in [2.05, 4.69) is 10.3 Å². The van der Waals surface area contributed by atoms with E-state index in [4.69, 9.17) is 4.74 Å². The highest BCUT2D eigenvalue weighted by molar-refractivity contribution is 5.86. The summed E-state index contributed by atoms with van der Waals surface area (Å²) in [5.41, 5.74) is 0.244. The van der Waals surface area contributed by atoms with Crippen molar-refractivity contribution in [2.75, 3.05) is 26.2 Å². The minimum atomic E-state index is -0.633. The van der Waals surface area contributed by atoms with Crippen molar-refractivity contribution >= 4 is 18.0 Å². The zero-order chi connectivity index (χ0) is 23.6. The standard InChI is InChI=1S/C22H36N6O4/c1-7-16(8-2)18(24-20(30)32-22(4,5)6)19(29)25-9-11-26(12-10-25)27-14-17-13-23-15(3)28(17)21(27)31/h13,16,18H,7-12,14H2,1-6H3,(H,24,30). The topological polar surface area (TPSA) is 100 Å². The number of nitrogens with zero attached hydrogens (tertiary/aromatic N) is 5. The van der Waals surface area contributed by atoms with Gasteiger partial charge in [-0.2, -0.15) is 0 Å². The Hall–Kier alpha value is -2.62. The van der Waals surface area contributed by atoms with Gasteiger partial charge in [-0.3, -0.25) is 9.80 Å². The van der Waals surface area contributed by atoms with E-state index in [-0.39, 0.29) is 17.9 Å². The van der Waals surface area contributed by atoms with Crippen LogP contribution < -0.4 is 5.32 Å². The Morgan fingerprint density at radius 2 is 1.78 bits per heavy atom. The molecule has 2 aliphatic heterocycles. The Morgan fingerprint density at radius 1 is 1.16 bits per heavy atom. The number of aryl methyl sites for hydroxylation is 1. The van der Waals surface area contributed by atoms with Gasteiger partial charge in [0.25, 0.3) is 0 Å². The van der Waals surface area contributed by atoms with Crippen molar-refractivity contribution in [2.45, 2.75) is 72.6 Å². The molecule has 1 N–H and O–H groups in total. The van der Waals surface area contributed by atoms with Crippen LogP contribution in [0.1, 0.15) is 59.0 Å². The monoisotopic (exact) mass is 448 g/mol. The molecule has 2 aliphatic rings. The minimum Gasteiger partial charge on any atom is -0.444 e. The first-order valence-corrected chi connectivity index (χ1v) is 11.4. The van der Waals surface area contributed by atoms with Crippen molar-refractivity contribution in [1.29, 1.82) is 0 Å². The van der Waals surface area contributed by atoms with Crippen molar-refractivity contribution in [2.24, 2.45) is 5.92 Å². The summed E-state index contributed by atoms with van der Waals surface area (Å²) in [6.45, 7) is 13.8. The number of imidazole rings is 1. The lowest BCUT2D eigenvalue weighted by molar-refractivity contribution is -0.139. The van der Waals surface area contributed by atoms with Crippen LogP contribution in [-0.4, -0.2) is 80.3 Å². The molecule has 1 atom stereocenters. The van der Waals surface area contributed by atoms with Crippen LogP contribution in [0.25, 0.3) is 0 Å². The molecule has 1 aromatic rings. The number of amides is 3. The van der Waals surface area contributed by atoms with Crippen molar-refractivity contribution < 1.29 is 19.1 Å². The number of piperazine rings is 1. The average molecular weight is 449 g/mol. The maximum Gasteiger partial charge on any atom is 0.408 e. The first kappa shape index (κ1) is 24.0. The molecule has 178 valence electrons. The highest BCUT2D eigenvalue weighted by Crippen LogP contribution is 2.22. The summed E-state index contributed by atoms with van der Waals surface area (Å²) in [4.78, 5) is 44.5. The second-order valence-electron chi connectivity index (χ2n) is 9.45. The molecule has 0 spiro atoms. The fourth-order valence-electron chi connectivity index (χ4n) is 4.35. The van der Waals surface area contributed by atoms with Crippen LogP contribution in [0.2, 0.25) is 0 Å². The summed E-state index contributed by atoms with van der Waals surface area (Å²) in [5, 5.41) is 6.54. The van der Waals surface area contributed by atoms with Gasteiger partial charge in [0.15, 0.2) is 0 Å². The second kappa shape index (κ2) is 9.48. The molecule has 0 radical (unpaired) electrons. The van der Waals surface area contributed by atoms with Gasteiger partial charge < -0.3 is 15.0 Å². The number of aromatic nitrogens is 2. The van der Waals surface area contributed by atoms with Gasteiger partial charge in [-0.1, -0.05) is 26.7 Å². The van der Waals surface area contributed by atoms with Crippen LogP contribution >= 0.6 is 0 Å². The van der Waals surface area contributed by atoms with Crippen LogP contribution in [-0.2, 0) is 16.1 Å². The molecule has 0 saturated carbocycles. The number of alkyl carbamates (subject to hydrolysis) is 1. The van der Waals surface area contributed by atoms with Gasteiger partial charge in [0.05, 0.1) is 18.4 Å². The fraction of sp³-hybridized carbons (Fsp3) is 0.727. The maximum absolute atomic E-state index is 13.4. The number of nitrogens with one attached hydrogen (secondary N) is 1. The van der Waals surface area contributed by atoms with Crippen molar-refractivity contribution in [3.05, 3.63) is 17.7 Å². The second-order valence-corrected chi connectivity index (χ2v) is 9.45. The number of ether oxygens (including phenoxy) is 1. The van der Waals surface area contributed by atoms with Crippen LogP contribution in [0, 0.1) is 12.8 Å². The number of hydrazine groups is 1. The highest BCUT2D eigenvalue weighted by Gasteiger charge is 2.38. The summed E-state index contributed by atoms with van der Waals surface area (Å²) < 4.78 is 7.02. The van der Waals surface area contributed by atoms with Gasteiger partial charge in [0, 0.05) is 26.2 Å². The molecule has 32 heavy (non-hydrogen) atoms. The van der Waals surface area contributed by atoms with Crippen LogP contribution in [0.4, 0.5) is 9.59 Å². The predicted molar refractivity (Wildman–Crippen MR) is 119 cm³/mol. The van der Waals surface area contributed by atoms with Crippen molar-refractivity contribution in [1.82, 2.24) is 29.8 Å². The van der Waals surface area contributed by atoms with E-state index in [1.807, 2.05) is 25.8 Å². The normalized spacial score (nSPS) is 18.2. The summed E-state index contributed by atoms with van der Waals surface area (Å²) >= 11 is 0. The number of carbonyl (C=O) groups excluding carboxylic acids is 3. The quantitative estimate of drug-likeness (QED) is 0.717.